The first-order chi connectivity index (χ1) is 10.6. The molecule has 0 spiro atoms. The molecule has 2 aromatic rings. The van der Waals surface area contributed by atoms with Gasteiger partial charge in [0.2, 0.25) is 11.5 Å². The van der Waals surface area contributed by atoms with Gasteiger partial charge in [-0.25, -0.2) is 4.98 Å². The van der Waals surface area contributed by atoms with Crippen molar-refractivity contribution < 1.29 is 23.1 Å². The van der Waals surface area contributed by atoms with E-state index in [1.807, 2.05) is 0 Å². The summed E-state index contributed by atoms with van der Waals surface area (Å²) in [4.78, 5) is 19.4. The van der Waals surface area contributed by atoms with Crippen molar-refractivity contribution in [3.8, 4) is 0 Å². The lowest BCUT2D eigenvalue weighted by atomic mass is 9.97. The third-order valence-electron chi connectivity index (χ3n) is 3.37. The molecule has 0 saturated heterocycles. The molecule has 0 bridgehead atoms. The van der Waals surface area contributed by atoms with Crippen LogP contribution in [0.2, 0.25) is 0 Å². The first kappa shape index (κ1) is 16.9. The van der Waals surface area contributed by atoms with E-state index in [4.69, 9.17) is 0 Å². The Morgan fingerprint density at radius 1 is 1.39 bits per heavy atom. The minimum absolute atomic E-state index is 0.328. The van der Waals surface area contributed by atoms with E-state index in [9.17, 15) is 23.1 Å². The smallest absolute Gasteiger partial charge is 0.374 e. The molecule has 1 atom stereocenters. The summed E-state index contributed by atoms with van der Waals surface area (Å²) in [6, 6.07) is 1.46. The second-order valence-corrected chi connectivity index (χ2v) is 5.14. The van der Waals surface area contributed by atoms with Gasteiger partial charge >= 0.3 is 6.18 Å². The molecular weight excluding hydrogens is 313 g/mol. The minimum Gasteiger partial charge on any atom is -0.374 e. The number of carbonyl (C=O) groups excluding carboxylic acids is 1. The summed E-state index contributed by atoms with van der Waals surface area (Å²) in [5.74, 6) is -1.63. The summed E-state index contributed by atoms with van der Waals surface area (Å²) in [5.41, 5.74) is -2.46. The van der Waals surface area contributed by atoms with Crippen molar-refractivity contribution in [2.75, 3.05) is 5.32 Å². The number of imidazole rings is 1. The molecule has 0 aliphatic heterocycles. The van der Waals surface area contributed by atoms with Crippen LogP contribution < -0.4 is 5.32 Å². The van der Waals surface area contributed by atoms with Crippen LogP contribution in [0.4, 0.5) is 18.9 Å². The molecule has 2 N–H and O–H groups in total. The maximum absolute atomic E-state index is 13.3. The van der Waals surface area contributed by atoms with Crippen LogP contribution >= 0.6 is 0 Å². The number of hydrogen-bond donors (Lipinski definition) is 2. The number of aryl methyl sites for hydroxylation is 2. The highest BCUT2D eigenvalue weighted by atomic mass is 19.4. The Balaban J connectivity index is 2.28. The lowest BCUT2D eigenvalue weighted by molar-refractivity contribution is -0.270. The van der Waals surface area contributed by atoms with Gasteiger partial charge in [-0.3, -0.25) is 9.78 Å². The Morgan fingerprint density at radius 2 is 2.09 bits per heavy atom. The van der Waals surface area contributed by atoms with Crippen molar-refractivity contribution in [1.29, 1.82) is 0 Å². The standard InChI is InChI=1S/C14H15F3N4O2/c1-9-8-18-4-3-10(9)20-11(22)7-13(23,14(15,16)17)12-19-5-6-21(12)2/h3-6,8,23H,7H2,1-2H3,(H,18,20,22). The molecular formula is C14H15F3N4O2. The number of nitrogens with one attached hydrogen (secondary N) is 1. The number of halogens is 3. The first-order valence-corrected chi connectivity index (χ1v) is 6.62. The van der Waals surface area contributed by atoms with Crippen molar-refractivity contribution in [3.05, 3.63) is 42.2 Å². The van der Waals surface area contributed by atoms with Crippen molar-refractivity contribution in [3.63, 3.8) is 0 Å². The number of alkyl halides is 3. The number of aromatic nitrogens is 3. The predicted molar refractivity (Wildman–Crippen MR) is 75.4 cm³/mol. The summed E-state index contributed by atoms with van der Waals surface area (Å²) in [6.45, 7) is 1.65. The number of pyridine rings is 1. The average molecular weight is 328 g/mol. The van der Waals surface area contributed by atoms with Crippen LogP contribution in [0, 0.1) is 6.92 Å². The number of hydrogen-bond acceptors (Lipinski definition) is 4. The van der Waals surface area contributed by atoms with Crippen molar-refractivity contribution >= 4 is 11.6 Å². The number of rotatable bonds is 4. The van der Waals surface area contributed by atoms with Crippen LogP contribution in [-0.2, 0) is 17.4 Å². The zero-order valence-corrected chi connectivity index (χ0v) is 12.4. The molecule has 9 heteroatoms. The van der Waals surface area contributed by atoms with E-state index in [1.165, 1.54) is 31.7 Å². The van der Waals surface area contributed by atoms with Crippen LogP contribution in [0.25, 0.3) is 0 Å². The van der Waals surface area contributed by atoms with Crippen molar-refractivity contribution in [1.82, 2.24) is 14.5 Å². The van der Waals surface area contributed by atoms with Gasteiger partial charge in [0.15, 0.2) is 5.82 Å². The molecule has 0 aromatic carbocycles. The maximum Gasteiger partial charge on any atom is 0.425 e. The van der Waals surface area contributed by atoms with E-state index >= 15 is 0 Å². The quantitative estimate of drug-likeness (QED) is 0.898. The minimum atomic E-state index is -5.06. The SMILES string of the molecule is Cc1cnccc1NC(=O)CC(O)(c1nccn1C)C(F)(F)F. The van der Waals surface area contributed by atoms with Gasteiger partial charge in [-0.15, -0.1) is 0 Å². The van der Waals surface area contributed by atoms with Gasteiger partial charge in [-0.1, -0.05) is 0 Å². The number of amides is 1. The molecule has 1 unspecified atom stereocenters. The second kappa shape index (κ2) is 5.99. The largest absolute Gasteiger partial charge is 0.425 e. The molecule has 23 heavy (non-hydrogen) atoms. The third kappa shape index (κ3) is 3.34. The fraction of sp³-hybridized carbons (Fsp3) is 0.357. The highest BCUT2D eigenvalue weighted by Gasteiger charge is 2.58. The van der Waals surface area contributed by atoms with Gasteiger partial charge in [-0.05, 0) is 18.6 Å². The Labute approximate surface area is 130 Å². The summed E-state index contributed by atoms with van der Waals surface area (Å²) in [5, 5.41) is 12.5. The zero-order chi connectivity index (χ0) is 17.3. The fourth-order valence-corrected chi connectivity index (χ4v) is 2.11. The van der Waals surface area contributed by atoms with E-state index in [-0.39, 0.29) is 0 Å². The van der Waals surface area contributed by atoms with Gasteiger partial charge in [-0.2, -0.15) is 13.2 Å². The summed E-state index contributed by atoms with van der Waals surface area (Å²) in [7, 11) is 1.31. The van der Waals surface area contributed by atoms with Gasteiger partial charge < -0.3 is 15.0 Å². The first-order valence-electron chi connectivity index (χ1n) is 6.62. The number of aliphatic hydroxyl groups is 1. The van der Waals surface area contributed by atoms with E-state index in [1.54, 1.807) is 6.92 Å². The van der Waals surface area contributed by atoms with Gasteiger partial charge in [0.1, 0.15) is 0 Å². The lowest BCUT2D eigenvalue weighted by Crippen LogP contribution is -2.46. The van der Waals surface area contributed by atoms with Gasteiger partial charge in [0.05, 0.1) is 6.42 Å². The Bertz CT molecular complexity index is 714. The van der Waals surface area contributed by atoms with Crippen LogP contribution in [0.5, 0.6) is 0 Å². The zero-order valence-electron chi connectivity index (χ0n) is 12.4. The topological polar surface area (TPSA) is 80.0 Å². The summed E-state index contributed by atoms with van der Waals surface area (Å²) < 4.78 is 41.0. The number of nitrogens with zero attached hydrogens (tertiary/aromatic N) is 3. The molecule has 2 heterocycles. The number of carbonyl (C=O) groups is 1. The van der Waals surface area contributed by atoms with Crippen LogP contribution in [0.15, 0.2) is 30.9 Å². The molecule has 0 aliphatic carbocycles. The monoisotopic (exact) mass is 328 g/mol. The van der Waals surface area contributed by atoms with Gasteiger partial charge in [0, 0.05) is 37.5 Å². The van der Waals surface area contributed by atoms with Gasteiger partial charge in [0.25, 0.3) is 0 Å². The van der Waals surface area contributed by atoms with Crippen LogP contribution in [-0.4, -0.2) is 31.7 Å². The molecule has 0 fully saturated rings. The van der Waals surface area contributed by atoms with Crippen molar-refractivity contribution in [2.24, 2.45) is 7.05 Å². The molecule has 6 nitrogen and oxygen atoms in total. The molecule has 1 amide bonds. The molecule has 0 aliphatic rings. The molecule has 124 valence electrons. The van der Waals surface area contributed by atoms with E-state index < -0.39 is 29.9 Å². The predicted octanol–water partition coefficient (Wildman–Crippen LogP) is 1.90. The second-order valence-electron chi connectivity index (χ2n) is 5.14. The fourth-order valence-electron chi connectivity index (χ4n) is 2.11. The molecule has 2 rings (SSSR count). The summed E-state index contributed by atoms with van der Waals surface area (Å²) >= 11 is 0. The lowest BCUT2D eigenvalue weighted by Gasteiger charge is -2.29. The Morgan fingerprint density at radius 3 is 2.61 bits per heavy atom. The van der Waals surface area contributed by atoms with Crippen LogP contribution in [0.3, 0.4) is 0 Å². The maximum atomic E-state index is 13.3. The van der Waals surface area contributed by atoms with E-state index in [2.05, 4.69) is 15.3 Å². The molecule has 0 saturated carbocycles. The highest BCUT2D eigenvalue weighted by molar-refractivity contribution is 5.92. The molecule has 0 radical (unpaired) electrons. The Kier molecular flexibility index (Phi) is 4.42. The normalized spacial score (nSPS) is 14.3. The summed E-state index contributed by atoms with van der Waals surface area (Å²) in [6.07, 6.45) is -1.02. The van der Waals surface area contributed by atoms with Crippen LogP contribution in [0.1, 0.15) is 17.8 Å². The average Bonchev–Trinajstić information content (AvgIpc) is 2.86. The Hall–Kier alpha value is -2.42. The third-order valence-corrected chi connectivity index (χ3v) is 3.37. The van der Waals surface area contributed by atoms with Crippen molar-refractivity contribution in [2.45, 2.75) is 25.1 Å². The highest BCUT2D eigenvalue weighted by Crippen LogP contribution is 2.40. The van der Waals surface area contributed by atoms with E-state index in [0.29, 0.717) is 11.3 Å². The molecule has 2 aromatic heterocycles. The number of anilines is 1. The van der Waals surface area contributed by atoms with E-state index in [0.717, 1.165) is 10.8 Å².